The molecule has 11 heteroatoms. The number of nitrogens with zero attached hydrogens (tertiary/aromatic N) is 4. The van der Waals surface area contributed by atoms with E-state index >= 15 is 0 Å². The summed E-state index contributed by atoms with van der Waals surface area (Å²) in [5, 5.41) is 20.1. The molecule has 1 heterocycles. The molecule has 0 bridgehead atoms. The monoisotopic (exact) mass is 456 g/mol. The normalized spacial score (nSPS) is 16.8. The number of nitrogens with two attached hydrogens (primary N) is 3. The van der Waals surface area contributed by atoms with Crippen LogP contribution in [0.3, 0.4) is 0 Å². The number of hydrogen-bond donors (Lipinski definition) is 4. The number of carbonyl (C=O) groups excluding carboxylic acids is 1. The van der Waals surface area contributed by atoms with Crippen molar-refractivity contribution in [3.63, 3.8) is 0 Å². The summed E-state index contributed by atoms with van der Waals surface area (Å²) in [7, 11) is 1.40. The van der Waals surface area contributed by atoms with E-state index in [2.05, 4.69) is 16.4 Å². The molecule has 0 unspecified atom stereocenters. The zero-order chi connectivity index (χ0) is 24.9. The largest absolute Gasteiger partial charge is 0.394 e. The number of halogens is 2. The predicted octanol–water partition coefficient (Wildman–Crippen LogP) is 1.24. The van der Waals surface area contributed by atoms with Gasteiger partial charge < -0.3 is 27.4 Å². The second-order valence-electron chi connectivity index (χ2n) is 7.60. The number of benzene rings is 1. The van der Waals surface area contributed by atoms with Crippen LogP contribution < -0.4 is 22.5 Å². The van der Waals surface area contributed by atoms with Gasteiger partial charge in [0.05, 0.1) is 23.8 Å². The lowest BCUT2D eigenvalue weighted by Gasteiger charge is -2.37. The highest BCUT2D eigenvalue weighted by atomic mass is 19.3. The van der Waals surface area contributed by atoms with Crippen molar-refractivity contribution in [3.8, 4) is 12.1 Å². The first-order valence-electron chi connectivity index (χ1n) is 10.0. The number of carbonyl (C=O) groups is 1. The number of nitrogens with one attached hydrogen (secondary N) is 1. The Bertz CT molecular complexity index is 1100. The van der Waals surface area contributed by atoms with Gasteiger partial charge >= 0.3 is 5.92 Å². The highest BCUT2D eigenvalue weighted by Crippen LogP contribution is 2.33. The number of rotatable bonds is 7. The number of amidine groups is 1. The van der Waals surface area contributed by atoms with E-state index < -0.39 is 23.4 Å². The fourth-order valence-electron chi connectivity index (χ4n) is 3.41. The molecule has 1 aliphatic heterocycles. The van der Waals surface area contributed by atoms with Gasteiger partial charge in [0.25, 0.3) is 5.91 Å². The fraction of sp³-hybridized carbons (Fsp3) is 0.364. The molecular weight excluding hydrogens is 430 g/mol. The number of aliphatic imine (C=N–C) groups is 1. The summed E-state index contributed by atoms with van der Waals surface area (Å²) in [6.45, 7) is 3.97. The number of alkyl halides is 2. The maximum Gasteiger partial charge on any atom is 0.357 e. The van der Waals surface area contributed by atoms with E-state index in [1.165, 1.54) is 32.2 Å². The molecule has 174 valence electrons. The third kappa shape index (κ3) is 5.39. The van der Waals surface area contributed by atoms with Crippen molar-refractivity contribution in [1.29, 1.82) is 10.5 Å². The maximum absolute atomic E-state index is 14.0. The predicted molar refractivity (Wildman–Crippen MR) is 119 cm³/mol. The first-order valence-corrected chi connectivity index (χ1v) is 10.0. The highest BCUT2D eigenvalue weighted by molar-refractivity contribution is 6.07. The minimum Gasteiger partial charge on any atom is -0.394 e. The van der Waals surface area contributed by atoms with Gasteiger partial charge in [0.2, 0.25) is 0 Å². The lowest BCUT2D eigenvalue weighted by molar-refractivity contribution is -0.117. The summed E-state index contributed by atoms with van der Waals surface area (Å²) in [6, 6.07) is 6.63. The fourth-order valence-corrected chi connectivity index (χ4v) is 3.41. The molecule has 7 N–H and O–H groups in total. The smallest absolute Gasteiger partial charge is 0.357 e. The summed E-state index contributed by atoms with van der Waals surface area (Å²) >= 11 is 0. The Hall–Kier alpha value is -4.12. The van der Waals surface area contributed by atoms with Gasteiger partial charge in [-0.2, -0.15) is 19.3 Å². The molecule has 1 saturated heterocycles. The highest BCUT2D eigenvalue weighted by Gasteiger charge is 2.34. The second-order valence-corrected chi connectivity index (χ2v) is 7.60. The topological polar surface area (TPSA) is 170 Å². The SMILES string of the molecule is CNC(=O)/C(N)=C(/C=C(\N)N1CC(C#N)C1)C(N)=N[C@H](C)c1cccc(C(F)(F)C#N)c1C. The Morgan fingerprint density at radius 1 is 1.33 bits per heavy atom. The van der Waals surface area contributed by atoms with Crippen molar-refractivity contribution in [3.05, 3.63) is 58.1 Å². The molecule has 1 atom stereocenters. The van der Waals surface area contributed by atoms with Crippen LogP contribution in [0, 0.1) is 35.5 Å². The number of likely N-dealkylation sites (N-methyl/N-ethyl adjacent to an activating group) is 1. The van der Waals surface area contributed by atoms with Crippen LogP contribution >= 0.6 is 0 Å². The van der Waals surface area contributed by atoms with Crippen LogP contribution in [0.15, 0.2) is 46.4 Å². The second kappa shape index (κ2) is 10.0. The number of hydrogen-bond acceptors (Lipinski definition) is 7. The van der Waals surface area contributed by atoms with Gasteiger partial charge in [0.15, 0.2) is 0 Å². The van der Waals surface area contributed by atoms with Crippen LogP contribution in [0.25, 0.3) is 0 Å². The van der Waals surface area contributed by atoms with Gasteiger partial charge in [-0.15, -0.1) is 0 Å². The van der Waals surface area contributed by atoms with Crippen LogP contribution in [0.5, 0.6) is 0 Å². The molecule has 0 saturated carbocycles. The molecular formula is C22H26F2N8O. The minimum atomic E-state index is -3.65. The summed E-state index contributed by atoms with van der Waals surface area (Å²) in [6.07, 6.45) is 1.40. The first-order chi connectivity index (χ1) is 15.5. The lowest BCUT2D eigenvalue weighted by atomic mass is 9.94. The molecule has 0 aliphatic carbocycles. The first kappa shape index (κ1) is 25.1. The molecule has 1 aliphatic rings. The van der Waals surface area contributed by atoms with Crippen LogP contribution in [0.2, 0.25) is 0 Å². The van der Waals surface area contributed by atoms with Gasteiger partial charge in [-0.1, -0.05) is 18.2 Å². The number of likely N-dealkylation sites (tertiary alicyclic amines) is 1. The van der Waals surface area contributed by atoms with Crippen LogP contribution in [0.4, 0.5) is 8.78 Å². The maximum atomic E-state index is 14.0. The van der Waals surface area contributed by atoms with Crippen molar-refractivity contribution in [2.45, 2.75) is 25.8 Å². The van der Waals surface area contributed by atoms with Crippen LogP contribution in [-0.4, -0.2) is 36.8 Å². The van der Waals surface area contributed by atoms with Gasteiger partial charge in [0, 0.05) is 31.3 Å². The van der Waals surface area contributed by atoms with Crippen molar-refractivity contribution >= 4 is 11.7 Å². The molecule has 2 rings (SSSR count). The molecule has 0 spiro atoms. The number of amides is 1. The lowest BCUT2D eigenvalue weighted by Crippen LogP contribution is -2.47. The van der Waals surface area contributed by atoms with E-state index in [1.54, 1.807) is 17.9 Å². The molecule has 9 nitrogen and oxygen atoms in total. The Morgan fingerprint density at radius 2 is 1.97 bits per heavy atom. The van der Waals surface area contributed by atoms with Crippen molar-refractivity contribution in [2.24, 2.45) is 28.1 Å². The summed E-state index contributed by atoms with van der Waals surface area (Å²) in [5.74, 6) is -4.28. The van der Waals surface area contributed by atoms with Crippen molar-refractivity contribution < 1.29 is 13.6 Å². The standard InChI is InChI=1S/C22H26F2N8O/c1-12-15(5-4-6-17(12)22(23,24)11-26)13(2)31-20(29)16(19(28)21(33)30-3)7-18(27)32-9-14(8-25)10-32/h4-7,13-14H,9-10,27-28H2,1-3H3,(H2,29,31)(H,30,33)/b18-7+,19-16+/t13-/m1/s1. The van der Waals surface area contributed by atoms with E-state index in [4.69, 9.17) is 27.7 Å². The minimum absolute atomic E-state index is 0.0651. The molecule has 1 aromatic rings. The van der Waals surface area contributed by atoms with E-state index in [0.717, 1.165) is 6.07 Å². The molecule has 33 heavy (non-hydrogen) atoms. The van der Waals surface area contributed by atoms with E-state index in [1.807, 2.05) is 0 Å². The summed E-state index contributed by atoms with van der Waals surface area (Å²) in [4.78, 5) is 18.2. The Morgan fingerprint density at radius 3 is 2.52 bits per heavy atom. The van der Waals surface area contributed by atoms with Gasteiger partial charge in [-0.3, -0.25) is 9.79 Å². The van der Waals surface area contributed by atoms with E-state index in [0.29, 0.717) is 18.7 Å². The van der Waals surface area contributed by atoms with Gasteiger partial charge in [-0.25, -0.2) is 0 Å². The third-order valence-corrected chi connectivity index (χ3v) is 5.40. The average Bonchev–Trinajstić information content (AvgIpc) is 2.75. The van der Waals surface area contributed by atoms with E-state index in [9.17, 15) is 13.6 Å². The Balaban J connectivity index is 2.47. The zero-order valence-electron chi connectivity index (χ0n) is 18.6. The zero-order valence-corrected chi connectivity index (χ0v) is 18.6. The van der Waals surface area contributed by atoms with Crippen LogP contribution in [-0.2, 0) is 10.7 Å². The molecule has 1 aromatic carbocycles. The molecule has 0 aromatic heterocycles. The average molecular weight is 457 g/mol. The quantitative estimate of drug-likeness (QED) is 0.207. The van der Waals surface area contributed by atoms with Crippen molar-refractivity contribution in [1.82, 2.24) is 10.2 Å². The van der Waals surface area contributed by atoms with Crippen molar-refractivity contribution in [2.75, 3.05) is 20.1 Å². The third-order valence-electron chi connectivity index (χ3n) is 5.40. The Kier molecular flexibility index (Phi) is 7.62. The van der Waals surface area contributed by atoms with Crippen LogP contribution in [0.1, 0.15) is 29.7 Å². The van der Waals surface area contributed by atoms with E-state index in [-0.39, 0.29) is 34.4 Å². The Labute approximate surface area is 190 Å². The summed E-state index contributed by atoms with van der Waals surface area (Å²) in [5.41, 5.74) is 18.3. The van der Waals surface area contributed by atoms with Gasteiger partial charge in [0.1, 0.15) is 17.6 Å². The molecule has 0 radical (unpaired) electrons. The summed E-state index contributed by atoms with van der Waals surface area (Å²) < 4.78 is 28.0. The molecule has 1 amide bonds. The number of nitriles is 2. The van der Waals surface area contributed by atoms with Gasteiger partial charge in [-0.05, 0) is 31.1 Å². The molecule has 1 fully saturated rings.